The summed E-state index contributed by atoms with van der Waals surface area (Å²) in [5, 5.41) is 14.7. The molecule has 3 rings (SSSR count). The largest absolute Gasteiger partial charge is 0.507 e. The summed E-state index contributed by atoms with van der Waals surface area (Å²) in [6.07, 6.45) is 7.01. The highest BCUT2D eigenvalue weighted by molar-refractivity contribution is 5.78. The Bertz CT molecular complexity index is 1060. The molecule has 1 atom stereocenters. The van der Waals surface area contributed by atoms with Crippen LogP contribution in [0.3, 0.4) is 0 Å². The zero-order valence-corrected chi connectivity index (χ0v) is 21.8. The zero-order chi connectivity index (χ0) is 25.8. The standard InChI is InChI=1S/C29H37N3O3/c1-8-35-27(34)25(21-15-22(28(2,3)4)26(33)23(16-21)29(5,6)7)32-24(19-11-9-13-30-17-19)20-12-10-14-31-18-20/h9-18,24-25,32-33H,8H2,1-7H3. The molecule has 0 saturated carbocycles. The number of phenolic OH excluding ortho intramolecular Hbond substituents is 1. The van der Waals surface area contributed by atoms with Gasteiger partial charge in [0.05, 0.1) is 12.6 Å². The predicted octanol–water partition coefficient (Wildman–Crippen LogP) is 5.76. The molecule has 0 saturated heterocycles. The van der Waals surface area contributed by atoms with E-state index in [2.05, 4.69) is 56.8 Å². The van der Waals surface area contributed by atoms with Crippen molar-refractivity contribution in [1.82, 2.24) is 15.3 Å². The monoisotopic (exact) mass is 475 g/mol. The van der Waals surface area contributed by atoms with Crippen LogP contribution in [-0.4, -0.2) is 27.7 Å². The van der Waals surface area contributed by atoms with Crippen molar-refractivity contribution in [2.75, 3.05) is 6.61 Å². The molecule has 0 radical (unpaired) electrons. The highest BCUT2D eigenvalue weighted by atomic mass is 16.5. The Hall–Kier alpha value is -3.25. The molecule has 2 aromatic heterocycles. The summed E-state index contributed by atoms with van der Waals surface area (Å²) < 4.78 is 5.52. The van der Waals surface area contributed by atoms with Crippen molar-refractivity contribution >= 4 is 5.97 Å². The van der Waals surface area contributed by atoms with E-state index in [-0.39, 0.29) is 35.2 Å². The molecule has 2 N–H and O–H groups in total. The Kier molecular flexibility index (Phi) is 7.96. The maximum absolute atomic E-state index is 13.4. The number of hydrogen-bond donors (Lipinski definition) is 2. The Balaban J connectivity index is 2.20. The van der Waals surface area contributed by atoms with Gasteiger partial charge in [0.2, 0.25) is 0 Å². The second-order valence-corrected chi connectivity index (χ2v) is 10.8. The van der Waals surface area contributed by atoms with Crippen molar-refractivity contribution in [1.29, 1.82) is 0 Å². The second kappa shape index (κ2) is 10.6. The molecule has 35 heavy (non-hydrogen) atoms. The van der Waals surface area contributed by atoms with Gasteiger partial charge in [0.15, 0.2) is 0 Å². The van der Waals surface area contributed by atoms with Crippen LogP contribution in [0.5, 0.6) is 5.75 Å². The molecule has 6 heteroatoms. The van der Waals surface area contributed by atoms with Crippen LogP contribution in [0, 0.1) is 0 Å². The molecule has 3 aromatic rings. The number of nitrogens with one attached hydrogen (secondary N) is 1. The summed E-state index contributed by atoms with van der Waals surface area (Å²) in [6.45, 7) is 14.4. The Morgan fingerprint density at radius 2 is 1.40 bits per heavy atom. The van der Waals surface area contributed by atoms with E-state index in [4.69, 9.17) is 4.74 Å². The van der Waals surface area contributed by atoms with Crippen molar-refractivity contribution < 1.29 is 14.6 Å². The third-order valence-electron chi connectivity index (χ3n) is 5.97. The van der Waals surface area contributed by atoms with Gasteiger partial charge in [0, 0.05) is 24.8 Å². The lowest BCUT2D eigenvalue weighted by atomic mass is 9.77. The molecule has 0 amide bonds. The quantitative estimate of drug-likeness (QED) is 0.423. The van der Waals surface area contributed by atoms with Crippen molar-refractivity contribution in [3.63, 3.8) is 0 Å². The van der Waals surface area contributed by atoms with Crippen LogP contribution in [0.2, 0.25) is 0 Å². The van der Waals surface area contributed by atoms with Crippen LogP contribution in [0.4, 0.5) is 0 Å². The maximum atomic E-state index is 13.4. The number of hydrogen-bond acceptors (Lipinski definition) is 6. The van der Waals surface area contributed by atoms with E-state index in [9.17, 15) is 9.90 Å². The molecule has 1 unspecified atom stereocenters. The summed E-state index contributed by atoms with van der Waals surface area (Å²) in [6, 6.07) is 10.4. The highest BCUT2D eigenvalue weighted by Crippen LogP contribution is 2.41. The lowest BCUT2D eigenvalue weighted by Crippen LogP contribution is -2.34. The molecule has 0 bridgehead atoms. The number of carbonyl (C=O) groups is 1. The first-order valence-corrected chi connectivity index (χ1v) is 12.0. The number of nitrogens with zero attached hydrogens (tertiary/aromatic N) is 2. The maximum Gasteiger partial charge on any atom is 0.327 e. The fraction of sp³-hybridized carbons (Fsp3) is 0.414. The zero-order valence-electron chi connectivity index (χ0n) is 21.8. The summed E-state index contributed by atoms with van der Waals surface area (Å²) in [7, 11) is 0. The van der Waals surface area contributed by atoms with Gasteiger partial charge in [0.25, 0.3) is 0 Å². The van der Waals surface area contributed by atoms with Crippen LogP contribution < -0.4 is 5.32 Å². The lowest BCUT2D eigenvalue weighted by molar-refractivity contribution is -0.146. The topological polar surface area (TPSA) is 84.3 Å². The third kappa shape index (κ3) is 6.25. The Labute approximate surface area is 208 Å². The van der Waals surface area contributed by atoms with E-state index in [1.165, 1.54) is 0 Å². The van der Waals surface area contributed by atoms with Gasteiger partial charge in [-0.2, -0.15) is 0 Å². The molecule has 0 aliphatic heterocycles. The normalized spacial score (nSPS) is 13.0. The molecule has 1 aromatic carbocycles. The average molecular weight is 476 g/mol. The second-order valence-electron chi connectivity index (χ2n) is 10.8. The summed E-state index contributed by atoms with van der Waals surface area (Å²) in [5.74, 6) is -0.108. The minimum atomic E-state index is -0.775. The van der Waals surface area contributed by atoms with Crippen LogP contribution in [0.25, 0.3) is 0 Å². The van der Waals surface area contributed by atoms with E-state index < -0.39 is 6.04 Å². The van der Waals surface area contributed by atoms with Crippen molar-refractivity contribution in [3.8, 4) is 5.75 Å². The van der Waals surface area contributed by atoms with Crippen LogP contribution >= 0.6 is 0 Å². The van der Waals surface area contributed by atoms with E-state index in [0.717, 1.165) is 27.8 Å². The van der Waals surface area contributed by atoms with E-state index in [1.54, 1.807) is 31.7 Å². The van der Waals surface area contributed by atoms with Crippen molar-refractivity contribution in [2.45, 2.75) is 71.4 Å². The van der Waals surface area contributed by atoms with Crippen LogP contribution in [-0.2, 0) is 20.4 Å². The lowest BCUT2D eigenvalue weighted by Gasteiger charge is -2.31. The van der Waals surface area contributed by atoms with Crippen molar-refractivity contribution in [2.24, 2.45) is 0 Å². The van der Waals surface area contributed by atoms with Gasteiger partial charge in [-0.05, 0) is 69.8 Å². The molecule has 186 valence electrons. The minimum absolute atomic E-state index is 0.262. The molecule has 0 fully saturated rings. The van der Waals surface area contributed by atoms with Gasteiger partial charge in [-0.3, -0.25) is 15.3 Å². The summed E-state index contributed by atoms with van der Waals surface area (Å²) in [4.78, 5) is 21.9. The molecular weight excluding hydrogens is 438 g/mol. The van der Waals surface area contributed by atoms with Gasteiger partial charge in [0.1, 0.15) is 11.8 Å². The van der Waals surface area contributed by atoms with Gasteiger partial charge in [-0.1, -0.05) is 53.7 Å². The number of phenols is 1. The number of aromatic nitrogens is 2. The first kappa shape index (κ1) is 26.4. The number of esters is 1. The van der Waals surface area contributed by atoms with Crippen LogP contribution in [0.1, 0.15) is 88.4 Å². The highest BCUT2D eigenvalue weighted by Gasteiger charge is 2.32. The summed E-state index contributed by atoms with van der Waals surface area (Å²) in [5.41, 5.74) is 3.47. The van der Waals surface area contributed by atoms with E-state index in [0.29, 0.717) is 0 Å². The molecular formula is C29H37N3O3. The smallest absolute Gasteiger partial charge is 0.327 e. The Morgan fingerprint density at radius 3 is 1.77 bits per heavy atom. The van der Waals surface area contributed by atoms with Gasteiger partial charge in [-0.15, -0.1) is 0 Å². The number of carbonyl (C=O) groups excluding carboxylic acids is 1. The number of rotatable bonds is 7. The first-order valence-electron chi connectivity index (χ1n) is 12.0. The first-order chi connectivity index (χ1) is 16.4. The number of benzene rings is 1. The number of ether oxygens (including phenoxy) is 1. The fourth-order valence-electron chi connectivity index (χ4n) is 4.14. The fourth-order valence-corrected chi connectivity index (χ4v) is 4.14. The van der Waals surface area contributed by atoms with Crippen LogP contribution in [0.15, 0.2) is 61.2 Å². The average Bonchev–Trinajstić information content (AvgIpc) is 2.80. The van der Waals surface area contributed by atoms with E-state index in [1.807, 2.05) is 36.4 Å². The third-order valence-corrected chi connectivity index (χ3v) is 5.97. The summed E-state index contributed by atoms with van der Waals surface area (Å²) >= 11 is 0. The van der Waals surface area contributed by atoms with Gasteiger partial charge < -0.3 is 9.84 Å². The molecule has 2 heterocycles. The Morgan fingerprint density at radius 1 is 0.914 bits per heavy atom. The molecule has 0 aliphatic carbocycles. The van der Waals surface area contributed by atoms with Crippen molar-refractivity contribution in [3.05, 3.63) is 89.0 Å². The van der Waals surface area contributed by atoms with Gasteiger partial charge in [-0.25, -0.2) is 4.79 Å². The molecule has 6 nitrogen and oxygen atoms in total. The molecule has 0 spiro atoms. The predicted molar refractivity (Wildman–Crippen MR) is 138 cm³/mol. The number of pyridine rings is 2. The minimum Gasteiger partial charge on any atom is -0.507 e. The SMILES string of the molecule is CCOC(=O)C(NC(c1cccnc1)c1cccnc1)c1cc(C(C)(C)C)c(O)c(C(C)(C)C)c1. The number of aromatic hydroxyl groups is 1. The van der Waals surface area contributed by atoms with E-state index >= 15 is 0 Å². The van der Waals surface area contributed by atoms with Gasteiger partial charge >= 0.3 is 5.97 Å². The molecule has 0 aliphatic rings.